The summed E-state index contributed by atoms with van der Waals surface area (Å²) in [6, 6.07) is 3.54. The Kier molecular flexibility index (Phi) is 3.26. The highest BCUT2D eigenvalue weighted by Crippen LogP contribution is 2.14. The quantitative estimate of drug-likeness (QED) is 0.837. The molecule has 88 valence electrons. The third-order valence-corrected chi connectivity index (χ3v) is 2.74. The average molecular weight is 225 g/mol. The van der Waals surface area contributed by atoms with Crippen LogP contribution in [0.5, 0.6) is 0 Å². The van der Waals surface area contributed by atoms with Crippen LogP contribution in [0.25, 0.3) is 0 Å². The number of hydrogen-bond donors (Lipinski definition) is 1. The third-order valence-electron chi connectivity index (χ3n) is 2.74. The zero-order chi connectivity index (χ0) is 11.5. The Hall–Kier alpha value is -1.33. The SMILES string of the molecule is CC1COCCN1Cc1ccc(C(=O)O)o1. The maximum atomic E-state index is 10.6. The number of carboxylic acids is 1. The smallest absolute Gasteiger partial charge is 0.371 e. The number of furan rings is 1. The molecule has 0 spiro atoms. The molecule has 0 bridgehead atoms. The molecule has 1 aromatic rings. The molecule has 2 rings (SSSR count). The average Bonchev–Trinajstić information content (AvgIpc) is 2.70. The molecule has 1 saturated heterocycles. The monoisotopic (exact) mass is 225 g/mol. The highest BCUT2D eigenvalue weighted by Gasteiger charge is 2.20. The summed E-state index contributed by atoms with van der Waals surface area (Å²) in [6.07, 6.45) is 0. The van der Waals surface area contributed by atoms with Crippen LogP contribution in [0, 0.1) is 0 Å². The fraction of sp³-hybridized carbons (Fsp3) is 0.545. The van der Waals surface area contributed by atoms with Gasteiger partial charge in [-0.3, -0.25) is 4.90 Å². The van der Waals surface area contributed by atoms with Crippen molar-refractivity contribution in [1.82, 2.24) is 4.90 Å². The van der Waals surface area contributed by atoms with E-state index in [1.54, 1.807) is 6.07 Å². The van der Waals surface area contributed by atoms with Crippen molar-refractivity contribution in [3.05, 3.63) is 23.7 Å². The molecule has 0 amide bonds. The minimum Gasteiger partial charge on any atom is -0.475 e. The second-order valence-corrected chi connectivity index (χ2v) is 3.97. The molecule has 1 aliphatic rings. The fourth-order valence-corrected chi connectivity index (χ4v) is 1.77. The lowest BCUT2D eigenvalue weighted by Crippen LogP contribution is -2.42. The van der Waals surface area contributed by atoms with Crippen LogP contribution in [-0.2, 0) is 11.3 Å². The molecule has 1 aliphatic heterocycles. The largest absolute Gasteiger partial charge is 0.475 e. The first-order valence-corrected chi connectivity index (χ1v) is 5.30. The molecule has 16 heavy (non-hydrogen) atoms. The van der Waals surface area contributed by atoms with Gasteiger partial charge in [-0.15, -0.1) is 0 Å². The Morgan fingerprint density at radius 3 is 3.06 bits per heavy atom. The summed E-state index contributed by atoms with van der Waals surface area (Å²) in [5, 5.41) is 8.73. The predicted molar refractivity (Wildman–Crippen MR) is 56.4 cm³/mol. The van der Waals surface area contributed by atoms with Crippen molar-refractivity contribution in [3.8, 4) is 0 Å². The second kappa shape index (κ2) is 4.67. The van der Waals surface area contributed by atoms with E-state index in [9.17, 15) is 4.79 Å². The van der Waals surface area contributed by atoms with E-state index in [4.69, 9.17) is 14.3 Å². The molecule has 1 fully saturated rings. The zero-order valence-electron chi connectivity index (χ0n) is 9.18. The molecule has 0 saturated carbocycles. The molecule has 1 aromatic heterocycles. The van der Waals surface area contributed by atoms with Crippen LogP contribution in [0.15, 0.2) is 16.5 Å². The Labute approximate surface area is 93.6 Å². The predicted octanol–water partition coefficient (Wildman–Crippen LogP) is 1.20. The number of carboxylic acid groups (broad SMARTS) is 1. The molecule has 1 atom stereocenters. The van der Waals surface area contributed by atoms with Crippen LogP contribution in [0.2, 0.25) is 0 Å². The lowest BCUT2D eigenvalue weighted by Gasteiger charge is -2.32. The lowest BCUT2D eigenvalue weighted by molar-refractivity contribution is -0.00728. The van der Waals surface area contributed by atoms with E-state index in [1.807, 2.05) is 0 Å². The van der Waals surface area contributed by atoms with Gasteiger partial charge in [-0.2, -0.15) is 0 Å². The van der Waals surface area contributed by atoms with Crippen LogP contribution in [-0.4, -0.2) is 41.8 Å². The minimum atomic E-state index is -1.03. The van der Waals surface area contributed by atoms with Gasteiger partial charge in [0.25, 0.3) is 0 Å². The summed E-state index contributed by atoms with van der Waals surface area (Å²) in [7, 11) is 0. The molecule has 0 radical (unpaired) electrons. The Morgan fingerprint density at radius 2 is 2.44 bits per heavy atom. The standard InChI is InChI=1S/C11H15NO4/c1-8-7-15-5-4-12(8)6-9-2-3-10(16-9)11(13)14/h2-3,8H,4-7H2,1H3,(H,13,14). The summed E-state index contributed by atoms with van der Waals surface area (Å²) < 4.78 is 10.5. The van der Waals surface area contributed by atoms with Crippen LogP contribution in [0.1, 0.15) is 23.2 Å². The van der Waals surface area contributed by atoms with Gasteiger partial charge in [-0.25, -0.2) is 4.79 Å². The maximum absolute atomic E-state index is 10.6. The van der Waals surface area contributed by atoms with E-state index in [0.29, 0.717) is 25.0 Å². The Balaban J connectivity index is 1.99. The molecule has 1 N–H and O–H groups in total. The maximum Gasteiger partial charge on any atom is 0.371 e. The van der Waals surface area contributed by atoms with E-state index in [0.717, 1.165) is 13.2 Å². The number of morpholine rings is 1. The number of ether oxygens (including phenoxy) is 1. The molecule has 2 heterocycles. The normalized spacial score (nSPS) is 22.2. The van der Waals surface area contributed by atoms with Gasteiger partial charge in [0.15, 0.2) is 0 Å². The first-order valence-electron chi connectivity index (χ1n) is 5.30. The first-order chi connectivity index (χ1) is 7.66. The molecular weight excluding hydrogens is 210 g/mol. The van der Waals surface area contributed by atoms with Gasteiger partial charge >= 0.3 is 5.97 Å². The molecule has 5 heteroatoms. The van der Waals surface area contributed by atoms with Gasteiger partial charge < -0.3 is 14.3 Å². The Bertz CT molecular complexity index is 374. The van der Waals surface area contributed by atoms with Crippen molar-refractivity contribution >= 4 is 5.97 Å². The van der Waals surface area contributed by atoms with Crippen LogP contribution in [0.3, 0.4) is 0 Å². The highest BCUT2D eigenvalue weighted by atomic mass is 16.5. The van der Waals surface area contributed by atoms with Crippen LogP contribution < -0.4 is 0 Å². The lowest BCUT2D eigenvalue weighted by atomic mass is 10.2. The first kappa shape index (κ1) is 11.2. The topological polar surface area (TPSA) is 62.9 Å². The number of nitrogens with zero attached hydrogens (tertiary/aromatic N) is 1. The van der Waals surface area contributed by atoms with E-state index in [2.05, 4.69) is 11.8 Å². The summed E-state index contributed by atoms with van der Waals surface area (Å²) in [6.45, 7) is 5.01. The number of aromatic carboxylic acids is 1. The summed E-state index contributed by atoms with van der Waals surface area (Å²) in [5.41, 5.74) is 0. The minimum absolute atomic E-state index is 0.00378. The van der Waals surface area contributed by atoms with Crippen molar-refractivity contribution in [1.29, 1.82) is 0 Å². The van der Waals surface area contributed by atoms with Crippen molar-refractivity contribution in [2.45, 2.75) is 19.5 Å². The van der Waals surface area contributed by atoms with Crippen molar-refractivity contribution in [2.24, 2.45) is 0 Å². The number of hydrogen-bond acceptors (Lipinski definition) is 4. The summed E-state index contributed by atoms with van der Waals surface area (Å²) in [5.74, 6) is -0.344. The third kappa shape index (κ3) is 2.43. The van der Waals surface area contributed by atoms with Gasteiger partial charge in [0.2, 0.25) is 5.76 Å². The molecule has 1 unspecified atom stereocenters. The van der Waals surface area contributed by atoms with Gasteiger partial charge in [-0.1, -0.05) is 0 Å². The second-order valence-electron chi connectivity index (χ2n) is 3.97. The van der Waals surface area contributed by atoms with Gasteiger partial charge in [0.1, 0.15) is 5.76 Å². The molecule has 5 nitrogen and oxygen atoms in total. The highest BCUT2D eigenvalue weighted by molar-refractivity contribution is 5.84. The Morgan fingerprint density at radius 1 is 1.62 bits per heavy atom. The molecular formula is C11H15NO4. The van der Waals surface area contributed by atoms with Crippen molar-refractivity contribution < 1.29 is 19.1 Å². The zero-order valence-corrected chi connectivity index (χ0v) is 9.18. The summed E-state index contributed by atoms with van der Waals surface area (Å²) in [4.78, 5) is 12.9. The van der Waals surface area contributed by atoms with Gasteiger partial charge in [-0.05, 0) is 19.1 Å². The van der Waals surface area contributed by atoms with Crippen molar-refractivity contribution in [3.63, 3.8) is 0 Å². The van der Waals surface area contributed by atoms with E-state index in [-0.39, 0.29) is 5.76 Å². The molecule has 0 aliphatic carbocycles. The van der Waals surface area contributed by atoms with Gasteiger partial charge in [0, 0.05) is 12.6 Å². The molecule has 0 aromatic carbocycles. The van der Waals surface area contributed by atoms with Gasteiger partial charge in [0.05, 0.1) is 19.8 Å². The van der Waals surface area contributed by atoms with E-state index >= 15 is 0 Å². The summed E-state index contributed by atoms with van der Waals surface area (Å²) >= 11 is 0. The van der Waals surface area contributed by atoms with Crippen LogP contribution >= 0.6 is 0 Å². The number of carbonyl (C=O) groups is 1. The van der Waals surface area contributed by atoms with Crippen molar-refractivity contribution in [2.75, 3.05) is 19.8 Å². The van der Waals surface area contributed by atoms with Crippen LogP contribution in [0.4, 0.5) is 0 Å². The fourth-order valence-electron chi connectivity index (χ4n) is 1.77. The number of rotatable bonds is 3. The van der Waals surface area contributed by atoms with E-state index in [1.165, 1.54) is 6.07 Å². The van der Waals surface area contributed by atoms with E-state index < -0.39 is 5.97 Å².